The van der Waals surface area contributed by atoms with Gasteiger partial charge in [-0.05, 0) is 29.0 Å². The van der Waals surface area contributed by atoms with Crippen molar-refractivity contribution in [3.05, 3.63) is 57.8 Å². The van der Waals surface area contributed by atoms with Crippen molar-refractivity contribution in [1.29, 1.82) is 0 Å². The number of carbonyl (C=O) groups excluding carboxylic acids is 1. The first kappa shape index (κ1) is 18.1. The summed E-state index contributed by atoms with van der Waals surface area (Å²) in [7, 11) is -2.43. The number of methoxy groups -OCH3 is 1. The van der Waals surface area contributed by atoms with Crippen molar-refractivity contribution in [2.75, 3.05) is 13.7 Å². The lowest BCUT2D eigenvalue weighted by atomic mass is 10.0. The molecule has 6 nitrogen and oxygen atoms in total. The summed E-state index contributed by atoms with van der Waals surface area (Å²) in [4.78, 5) is 12.5. The maximum Gasteiger partial charge on any atom is 0.307 e. The number of fused-ring (bicyclic) bond motifs is 1. The molecule has 0 saturated carbocycles. The van der Waals surface area contributed by atoms with Crippen molar-refractivity contribution in [2.45, 2.75) is 25.4 Å². The van der Waals surface area contributed by atoms with Gasteiger partial charge in [-0.15, -0.1) is 11.3 Å². The SMILES string of the molecule is COC(=O)CC(NS(=O)(=O)N1CCc2ccccc2C1)c1cccs1. The van der Waals surface area contributed by atoms with Crippen molar-refractivity contribution in [2.24, 2.45) is 0 Å². The Bertz CT molecular complexity index is 834. The number of carbonyl (C=O) groups is 1. The van der Waals surface area contributed by atoms with Crippen LogP contribution in [0.15, 0.2) is 41.8 Å². The zero-order valence-electron chi connectivity index (χ0n) is 13.8. The maximum absolute atomic E-state index is 12.8. The number of thiophene rings is 1. The topological polar surface area (TPSA) is 75.7 Å². The molecule has 25 heavy (non-hydrogen) atoms. The minimum Gasteiger partial charge on any atom is -0.469 e. The standard InChI is InChI=1S/C17H20N2O4S2/c1-23-17(20)11-15(16-7-4-10-24-16)18-25(21,22)19-9-8-13-5-2-3-6-14(13)12-19/h2-7,10,15,18H,8-9,11-12H2,1H3. The molecule has 0 radical (unpaired) electrons. The number of nitrogens with zero attached hydrogens (tertiary/aromatic N) is 1. The van der Waals surface area contributed by atoms with Gasteiger partial charge in [-0.3, -0.25) is 4.79 Å². The largest absolute Gasteiger partial charge is 0.469 e. The maximum atomic E-state index is 12.8. The Hall–Kier alpha value is -1.74. The van der Waals surface area contributed by atoms with Gasteiger partial charge < -0.3 is 4.74 Å². The van der Waals surface area contributed by atoms with E-state index in [2.05, 4.69) is 4.72 Å². The number of benzene rings is 1. The van der Waals surface area contributed by atoms with Crippen LogP contribution >= 0.6 is 11.3 Å². The lowest BCUT2D eigenvalue weighted by Crippen LogP contribution is -2.44. The van der Waals surface area contributed by atoms with E-state index in [-0.39, 0.29) is 6.42 Å². The van der Waals surface area contributed by atoms with Crippen molar-refractivity contribution >= 4 is 27.5 Å². The average molecular weight is 380 g/mol. The van der Waals surface area contributed by atoms with Crippen LogP contribution in [-0.2, 0) is 32.7 Å². The van der Waals surface area contributed by atoms with Crippen LogP contribution < -0.4 is 4.72 Å². The fourth-order valence-electron chi connectivity index (χ4n) is 2.87. The van der Waals surface area contributed by atoms with E-state index in [0.29, 0.717) is 19.5 Å². The van der Waals surface area contributed by atoms with Gasteiger partial charge in [0.1, 0.15) is 0 Å². The lowest BCUT2D eigenvalue weighted by molar-refractivity contribution is -0.141. The minimum atomic E-state index is -3.72. The van der Waals surface area contributed by atoms with E-state index in [4.69, 9.17) is 4.74 Å². The minimum absolute atomic E-state index is 0.0410. The van der Waals surface area contributed by atoms with Crippen molar-refractivity contribution in [1.82, 2.24) is 9.03 Å². The van der Waals surface area contributed by atoms with Crippen molar-refractivity contribution in [3.8, 4) is 0 Å². The van der Waals surface area contributed by atoms with Crippen LogP contribution in [0.5, 0.6) is 0 Å². The molecule has 0 amide bonds. The van der Waals surface area contributed by atoms with Gasteiger partial charge in [0.15, 0.2) is 0 Å². The van der Waals surface area contributed by atoms with Crippen LogP contribution in [0.4, 0.5) is 0 Å². The number of ether oxygens (including phenoxy) is 1. The van der Waals surface area contributed by atoms with Crippen LogP contribution in [0.2, 0.25) is 0 Å². The summed E-state index contributed by atoms with van der Waals surface area (Å²) in [5.41, 5.74) is 2.19. The Kier molecular flexibility index (Phi) is 5.53. The number of nitrogens with one attached hydrogen (secondary N) is 1. The Morgan fingerprint density at radius 1 is 1.28 bits per heavy atom. The van der Waals surface area contributed by atoms with Crippen LogP contribution in [0, 0.1) is 0 Å². The molecule has 0 aliphatic carbocycles. The third kappa shape index (κ3) is 4.27. The summed E-state index contributed by atoms with van der Waals surface area (Å²) in [6.07, 6.45) is 0.637. The molecule has 0 fully saturated rings. The summed E-state index contributed by atoms with van der Waals surface area (Å²) in [5.74, 6) is -0.454. The van der Waals surface area contributed by atoms with Gasteiger partial charge in [0, 0.05) is 18.0 Å². The molecule has 134 valence electrons. The van der Waals surface area contributed by atoms with Crippen LogP contribution in [0.1, 0.15) is 28.5 Å². The van der Waals surface area contributed by atoms with E-state index in [9.17, 15) is 13.2 Å². The van der Waals surface area contributed by atoms with Gasteiger partial charge in [-0.1, -0.05) is 30.3 Å². The van der Waals surface area contributed by atoms with E-state index in [1.165, 1.54) is 28.3 Å². The zero-order chi connectivity index (χ0) is 17.9. The average Bonchev–Trinajstić information content (AvgIpc) is 3.15. The molecule has 1 N–H and O–H groups in total. The monoisotopic (exact) mass is 380 g/mol. The fourth-order valence-corrected chi connectivity index (χ4v) is 5.08. The quantitative estimate of drug-likeness (QED) is 0.780. The molecule has 1 aromatic carbocycles. The van der Waals surface area contributed by atoms with Gasteiger partial charge in [0.25, 0.3) is 10.2 Å². The normalized spacial score (nSPS) is 16.2. The predicted octanol–water partition coefficient (Wildman–Crippen LogP) is 2.24. The number of rotatable bonds is 6. The molecule has 8 heteroatoms. The van der Waals surface area contributed by atoms with E-state index >= 15 is 0 Å². The smallest absolute Gasteiger partial charge is 0.307 e. The van der Waals surface area contributed by atoms with E-state index in [1.807, 2.05) is 41.8 Å². The van der Waals surface area contributed by atoms with Gasteiger partial charge >= 0.3 is 5.97 Å². The van der Waals surface area contributed by atoms with Crippen LogP contribution in [0.25, 0.3) is 0 Å². The Balaban J connectivity index is 1.78. The Labute approximate surface area is 151 Å². The molecule has 0 spiro atoms. The highest BCUT2D eigenvalue weighted by Gasteiger charge is 2.30. The Morgan fingerprint density at radius 2 is 2.04 bits per heavy atom. The molecule has 1 aliphatic rings. The highest BCUT2D eigenvalue weighted by atomic mass is 32.2. The molecule has 1 aromatic heterocycles. The second-order valence-corrected chi connectivity index (χ2v) is 8.50. The lowest BCUT2D eigenvalue weighted by Gasteiger charge is -2.29. The third-order valence-electron chi connectivity index (χ3n) is 4.21. The van der Waals surface area contributed by atoms with Gasteiger partial charge in [-0.2, -0.15) is 17.4 Å². The molecule has 1 aliphatic heterocycles. The molecule has 1 unspecified atom stereocenters. The predicted molar refractivity (Wildman–Crippen MR) is 96.3 cm³/mol. The molecular weight excluding hydrogens is 360 g/mol. The van der Waals surface area contributed by atoms with E-state index in [0.717, 1.165) is 10.4 Å². The van der Waals surface area contributed by atoms with Crippen molar-refractivity contribution < 1.29 is 17.9 Å². The molecular formula is C17H20N2O4S2. The molecule has 0 saturated heterocycles. The molecule has 1 atom stereocenters. The molecule has 2 aromatic rings. The highest BCUT2D eigenvalue weighted by Crippen LogP contribution is 2.26. The summed E-state index contributed by atoms with van der Waals surface area (Å²) in [6, 6.07) is 10.9. The molecule has 2 heterocycles. The van der Waals surface area contributed by atoms with Crippen LogP contribution in [0.3, 0.4) is 0 Å². The first-order valence-corrected chi connectivity index (χ1v) is 10.3. The van der Waals surface area contributed by atoms with Crippen molar-refractivity contribution in [3.63, 3.8) is 0 Å². The fraction of sp³-hybridized carbons (Fsp3) is 0.353. The summed E-state index contributed by atoms with van der Waals surface area (Å²) in [6.45, 7) is 0.753. The summed E-state index contributed by atoms with van der Waals surface area (Å²) >= 11 is 1.41. The van der Waals surface area contributed by atoms with E-state index in [1.54, 1.807) is 0 Å². The first-order valence-electron chi connectivity index (χ1n) is 7.94. The van der Waals surface area contributed by atoms with Gasteiger partial charge in [-0.25, -0.2) is 0 Å². The first-order chi connectivity index (χ1) is 12.0. The summed E-state index contributed by atoms with van der Waals surface area (Å²) < 4.78 is 34.5. The molecule has 3 rings (SSSR count). The Morgan fingerprint density at radius 3 is 2.72 bits per heavy atom. The van der Waals surface area contributed by atoms with E-state index < -0.39 is 22.2 Å². The molecule has 0 bridgehead atoms. The van der Waals surface area contributed by atoms with Gasteiger partial charge in [0.05, 0.1) is 19.6 Å². The third-order valence-corrected chi connectivity index (χ3v) is 6.77. The highest BCUT2D eigenvalue weighted by molar-refractivity contribution is 7.87. The number of esters is 1. The second kappa shape index (κ2) is 7.65. The second-order valence-electron chi connectivity index (χ2n) is 5.82. The zero-order valence-corrected chi connectivity index (χ0v) is 15.5. The van der Waals surface area contributed by atoms with Crippen LogP contribution in [-0.4, -0.2) is 32.3 Å². The number of hydrogen-bond acceptors (Lipinski definition) is 5. The summed E-state index contributed by atoms with van der Waals surface area (Å²) in [5, 5.41) is 1.85. The van der Waals surface area contributed by atoms with Gasteiger partial charge in [0.2, 0.25) is 0 Å². The number of hydrogen-bond donors (Lipinski definition) is 1.